The standard InChI is InChI=1S/C27H22Br3N3O2/c1-2-3-6-16-9-11-19(12-10-16)31-27(35)21-13-17-7-4-5-8-20(17)24(26(21)34)32-33-25-22(29)14-18(28)15-23(25)30/h4-5,7-15,34H,2-3,6H2,1H3,(H,31,35). The summed E-state index contributed by atoms with van der Waals surface area (Å²) in [6, 6.07) is 20.6. The molecule has 0 aliphatic heterocycles. The normalized spacial score (nSPS) is 11.3. The molecular formula is C27H22Br3N3O2. The van der Waals surface area contributed by atoms with E-state index in [-0.39, 0.29) is 17.0 Å². The molecular weight excluding hydrogens is 638 g/mol. The Labute approximate surface area is 229 Å². The molecule has 0 unspecified atom stereocenters. The minimum atomic E-state index is -0.419. The summed E-state index contributed by atoms with van der Waals surface area (Å²) < 4.78 is 2.32. The number of nitrogens with zero attached hydrogens (tertiary/aromatic N) is 2. The number of phenols is 1. The molecule has 0 aliphatic rings. The average molecular weight is 660 g/mol. The highest BCUT2D eigenvalue weighted by Gasteiger charge is 2.19. The van der Waals surface area contributed by atoms with Crippen LogP contribution in [0.2, 0.25) is 0 Å². The molecule has 0 saturated carbocycles. The predicted molar refractivity (Wildman–Crippen MR) is 152 cm³/mol. The van der Waals surface area contributed by atoms with E-state index >= 15 is 0 Å². The summed E-state index contributed by atoms with van der Waals surface area (Å²) in [6.45, 7) is 2.16. The number of phenolic OH excluding ortho intramolecular Hbond substituents is 1. The van der Waals surface area contributed by atoms with Crippen molar-refractivity contribution < 1.29 is 9.90 Å². The van der Waals surface area contributed by atoms with E-state index in [2.05, 4.69) is 70.3 Å². The second-order valence-corrected chi connectivity index (χ2v) is 10.6. The lowest BCUT2D eigenvalue weighted by molar-refractivity contribution is 0.102. The van der Waals surface area contributed by atoms with Crippen LogP contribution in [-0.4, -0.2) is 11.0 Å². The van der Waals surface area contributed by atoms with Gasteiger partial charge in [0.1, 0.15) is 11.4 Å². The number of anilines is 1. The van der Waals surface area contributed by atoms with Gasteiger partial charge in [-0.1, -0.05) is 65.7 Å². The van der Waals surface area contributed by atoms with Gasteiger partial charge in [-0.25, -0.2) is 0 Å². The molecule has 5 nitrogen and oxygen atoms in total. The Hall–Kier alpha value is -2.55. The Morgan fingerprint density at radius 1 is 0.914 bits per heavy atom. The molecule has 0 atom stereocenters. The summed E-state index contributed by atoms with van der Waals surface area (Å²) in [6.07, 6.45) is 3.27. The molecule has 0 heterocycles. The zero-order valence-electron chi connectivity index (χ0n) is 18.9. The molecule has 4 aromatic carbocycles. The Kier molecular flexibility index (Phi) is 8.36. The third kappa shape index (κ3) is 6.00. The van der Waals surface area contributed by atoms with Crippen LogP contribution in [0.5, 0.6) is 5.75 Å². The van der Waals surface area contributed by atoms with Gasteiger partial charge in [0, 0.05) is 24.5 Å². The molecule has 0 saturated heterocycles. The number of aryl methyl sites for hydroxylation is 1. The van der Waals surface area contributed by atoms with E-state index in [1.165, 1.54) is 5.56 Å². The van der Waals surface area contributed by atoms with E-state index in [0.29, 0.717) is 16.8 Å². The van der Waals surface area contributed by atoms with Gasteiger partial charge >= 0.3 is 0 Å². The number of carbonyl (C=O) groups is 1. The minimum Gasteiger partial charge on any atom is -0.505 e. The van der Waals surface area contributed by atoms with Crippen molar-refractivity contribution in [3.05, 3.63) is 91.3 Å². The van der Waals surface area contributed by atoms with Gasteiger partial charge in [-0.05, 0) is 86.0 Å². The molecule has 0 fully saturated rings. The second-order valence-electron chi connectivity index (χ2n) is 8.02. The van der Waals surface area contributed by atoms with Gasteiger partial charge in [0.25, 0.3) is 5.91 Å². The topological polar surface area (TPSA) is 74.0 Å². The number of rotatable bonds is 7. The SMILES string of the molecule is CCCCc1ccc(NC(=O)c2cc3ccccc3c(N=Nc3c(Br)cc(Br)cc3Br)c2O)cc1. The Balaban J connectivity index is 1.70. The summed E-state index contributed by atoms with van der Waals surface area (Å²) in [5.74, 6) is -0.647. The van der Waals surface area contributed by atoms with Crippen LogP contribution in [0.25, 0.3) is 10.8 Å². The summed E-state index contributed by atoms with van der Waals surface area (Å²) in [7, 11) is 0. The Bertz CT molecular complexity index is 1400. The average Bonchev–Trinajstić information content (AvgIpc) is 2.83. The molecule has 0 aromatic heterocycles. The van der Waals surface area contributed by atoms with Crippen LogP contribution in [0.4, 0.5) is 17.1 Å². The highest BCUT2D eigenvalue weighted by molar-refractivity contribution is 9.11. The molecule has 35 heavy (non-hydrogen) atoms. The molecule has 0 spiro atoms. The van der Waals surface area contributed by atoms with Gasteiger partial charge in [0.15, 0.2) is 5.75 Å². The summed E-state index contributed by atoms with van der Waals surface area (Å²) >= 11 is 10.4. The van der Waals surface area contributed by atoms with Crippen LogP contribution in [-0.2, 0) is 6.42 Å². The van der Waals surface area contributed by atoms with Crippen LogP contribution < -0.4 is 5.32 Å². The lowest BCUT2D eigenvalue weighted by atomic mass is 10.0. The van der Waals surface area contributed by atoms with E-state index in [0.717, 1.165) is 38.1 Å². The number of benzene rings is 4. The zero-order valence-corrected chi connectivity index (χ0v) is 23.6. The first-order chi connectivity index (χ1) is 16.9. The maximum Gasteiger partial charge on any atom is 0.259 e. The van der Waals surface area contributed by atoms with Crippen molar-refractivity contribution in [2.24, 2.45) is 10.2 Å². The Morgan fingerprint density at radius 2 is 1.57 bits per heavy atom. The smallest absolute Gasteiger partial charge is 0.259 e. The largest absolute Gasteiger partial charge is 0.505 e. The fourth-order valence-corrected chi connectivity index (χ4v) is 6.07. The van der Waals surface area contributed by atoms with E-state index in [4.69, 9.17) is 0 Å². The molecule has 2 N–H and O–H groups in total. The van der Waals surface area contributed by atoms with Crippen LogP contribution >= 0.6 is 47.8 Å². The Morgan fingerprint density at radius 3 is 2.26 bits per heavy atom. The minimum absolute atomic E-state index is 0.127. The first-order valence-electron chi connectivity index (χ1n) is 11.1. The van der Waals surface area contributed by atoms with Crippen LogP contribution in [0.1, 0.15) is 35.7 Å². The predicted octanol–water partition coefficient (Wildman–Crippen LogP) is 9.84. The number of fused-ring (bicyclic) bond motifs is 1. The zero-order chi connectivity index (χ0) is 24.9. The van der Waals surface area contributed by atoms with Crippen molar-refractivity contribution in [2.75, 3.05) is 5.32 Å². The number of halogens is 3. The second kappa shape index (κ2) is 11.5. The van der Waals surface area contributed by atoms with Crippen LogP contribution in [0, 0.1) is 0 Å². The quantitative estimate of drug-likeness (QED) is 0.194. The number of amides is 1. The van der Waals surface area contributed by atoms with E-state index < -0.39 is 5.91 Å². The van der Waals surface area contributed by atoms with Gasteiger partial charge in [0.2, 0.25) is 0 Å². The molecule has 178 valence electrons. The number of azo groups is 1. The van der Waals surface area contributed by atoms with Gasteiger partial charge in [-0.3, -0.25) is 4.79 Å². The fraction of sp³-hybridized carbons (Fsp3) is 0.148. The number of carbonyl (C=O) groups excluding carboxylic acids is 1. The molecule has 1 amide bonds. The highest BCUT2D eigenvalue weighted by Crippen LogP contribution is 2.42. The fourth-order valence-electron chi connectivity index (χ4n) is 3.66. The number of aromatic hydroxyl groups is 1. The third-order valence-corrected chi connectivity index (χ3v) is 7.17. The third-order valence-electron chi connectivity index (χ3n) is 5.50. The van der Waals surface area contributed by atoms with Gasteiger partial charge < -0.3 is 10.4 Å². The number of hydrogen-bond donors (Lipinski definition) is 2. The van der Waals surface area contributed by atoms with E-state index in [1.54, 1.807) is 6.07 Å². The van der Waals surface area contributed by atoms with E-state index in [1.807, 2.05) is 60.7 Å². The van der Waals surface area contributed by atoms with Gasteiger partial charge in [-0.2, -0.15) is 0 Å². The van der Waals surface area contributed by atoms with Crippen molar-refractivity contribution in [3.8, 4) is 5.75 Å². The van der Waals surface area contributed by atoms with Gasteiger partial charge in [0.05, 0.1) is 5.56 Å². The van der Waals surface area contributed by atoms with Crippen molar-refractivity contribution in [2.45, 2.75) is 26.2 Å². The van der Waals surface area contributed by atoms with Crippen molar-refractivity contribution >= 4 is 81.5 Å². The van der Waals surface area contributed by atoms with Crippen molar-refractivity contribution in [3.63, 3.8) is 0 Å². The van der Waals surface area contributed by atoms with Crippen molar-refractivity contribution in [1.29, 1.82) is 0 Å². The molecule has 0 bridgehead atoms. The number of unbranched alkanes of at least 4 members (excludes halogenated alkanes) is 1. The lowest BCUT2D eigenvalue weighted by Crippen LogP contribution is -2.12. The van der Waals surface area contributed by atoms with Crippen LogP contribution in [0.15, 0.2) is 90.4 Å². The summed E-state index contributed by atoms with van der Waals surface area (Å²) in [4.78, 5) is 13.1. The lowest BCUT2D eigenvalue weighted by Gasteiger charge is -2.12. The maximum absolute atomic E-state index is 13.1. The first kappa shape index (κ1) is 25.5. The van der Waals surface area contributed by atoms with Crippen molar-refractivity contribution in [1.82, 2.24) is 0 Å². The summed E-state index contributed by atoms with van der Waals surface area (Å²) in [5, 5.41) is 24.2. The maximum atomic E-state index is 13.1. The molecule has 0 aliphatic carbocycles. The van der Waals surface area contributed by atoms with Gasteiger partial charge in [-0.15, -0.1) is 10.2 Å². The number of nitrogens with one attached hydrogen (secondary N) is 1. The molecule has 4 aromatic rings. The molecule has 4 rings (SSSR count). The molecule has 0 radical (unpaired) electrons. The van der Waals surface area contributed by atoms with Crippen LogP contribution in [0.3, 0.4) is 0 Å². The monoisotopic (exact) mass is 657 g/mol. The molecule has 8 heteroatoms. The summed E-state index contributed by atoms with van der Waals surface area (Å²) in [5.41, 5.74) is 2.81. The highest BCUT2D eigenvalue weighted by atomic mass is 79.9. The first-order valence-corrected chi connectivity index (χ1v) is 13.5. The number of hydrogen-bond acceptors (Lipinski definition) is 4. The van der Waals surface area contributed by atoms with E-state index in [9.17, 15) is 9.90 Å².